The summed E-state index contributed by atoms with van der Waals surface area (Å²) >= 11 is 6.74. The zero-order valence-electron chi connectivity index (χ0n) is 14.6. The highest BCUT2D eigenvalue weighted by Crippen LogP contribution is 2.64. The van der Waals surface area contributed by atoms with E-state index in [2.05, 4.69) is 5.32 Å². The third-order valence-electron chi connectivity index (χ3n) is 6.19. The summed E-state index contributed by atoms with van der Waals surface area (Å²) in [7, 11) is 0. The SMILES string of the molecule is O=C(COC(=O)C12C[C@@H]3C[C@@H](CC(Cl)(C3)C1)C2)NCc1ccccc1F. The first-order chi connectivity index (χ1) is 12.4. The number of carbonyl (C=O) groups excluding carboxylic acids is 2. The number of benzene rings is 1. The minimum atomic E-state index is -0.516. The Morgan fingerprint density at radius 2 is 1.88 bits per heavy atom. The molecule has 0 heterocycles. The van der Waals surface area contributed by atoms with E-state index in [1.165, 1.54) is 6.07 Å². The third-order valence-corrected chi connectivity index (χ3v) is 6.63. The van der Waals surface area contributed by atoms with Crippen LogP contribution >= 0.6 is 11.6 Å². The van der Waals surface area contributed by atoms with Crippen molar-refractivity contribution < 1.29 is 18.7 Å². The molecule has 0 aromatic heterocycles. The molecular weight excluding hydrogens is 357 g/mol. The number of amides is 1. The fourth-order valence-electron chi connectivity index (χ4n) is 5.56. The molecule has 0 aliphatic heterocycles. The molecule has 1 aromatic carbocycles. The molecule has 6 heteroatoms. The van der Waals surface area contributed by atoms with E-state index in [1.54, 1.807) is 18.2 Å². The number of halogens is 2. The summed E-state index contributed by atoms with van der Waals surface area (Å²) in [6.07, 6.45) is 5.45. The van der Waals surface area contributed by atoms with Gasteiger partial charge >= 0.3 is 5.97 Å². The maximum atomic E-state index is 13.6. The monoisotopic (exact) mass is 379 g/mol. The third kappa shape index (κ3) is 3.34. The summed E-state index contributed by atoms with van der Waals surface area (Å²) in [4.78, 5) is 24.5. The fraction of sp³-hybridized carbons (Fsp3) is 0.600. The molecule has 4 fully saturated rings. The van der Waals surface area contributed by atoms with E-state index in [4.69, 9.17) is 16.3 Å². The molecule has 0 spiro atoms. The van der Waals surface area contributed by atoms with Gasteiger partial charge in [0.05, 0.1) is 5.41 Å². The van der Waals surface area contributed by atoms with Gasteiger partial charge in [0.25, 0.3) is 5.91 Å². The van der Waals surface area contributed by atoms with Crippen LogP contribution in [0.4, 0.5) is 4.39 Å². The number of rotatable bonds is 5. The van der Waals surface area contributed by atoms with Gasteiger partial charge in [0.1, 0.15) is 5.82 Å². The maximum Gasteiger partial charge on any atom is 0.312 e. The van der Waals surface area contributed by atoms with Crippen LogP contribution in [0.2, 0.25) is 0 Å². The van der Waals surface area contributed by atoms with E-state index in [9.17, 15) is 14.0 Å². The van der Waals surface area contributed by atoms with Gasteiger partial charge in [-0.1, -0.05) is 18.2 Å². The van der Waals surface area contributed by atoms with Gasteiger partial charge in [0.2, 0.25) is 0 Å². The van der Waals surface area contributed by atoms with Crippen LogP contribution in [0.1, 0.15) is 44.1 Å². The van der Waals surface area contributed by atoms with Gasteiger partial charge in [-0.3, -0.25) is 9.59 Å². The molecule has 2 unspecified atom stereocenters. The van der Waals surface area contributed by atoms with Gasteiger partial charge in [-0.25, -0.2) is 4.39 Å². The average molecular weight is 380 g/mol. The van der Waals surface area contributed by atoms with Gasteiger partial charge in [-0.05, 0) is 56.4 Å². The van der Waals surface area contributed by atoms with E-state index in [0.29, 0.717) is 23.8 Å². The highest BCUT2D eigenvalue weighted by Gasteiger charge is 2.60. The van der Waals surface area contributed by atoms with E-state index in [-0.39, 0.29) is 29.8 Å². The lowest BCUT2D eigenvalue weighted by atomic mass is 9.49. The Morgan fingerprint density at radius 1 is 1.19 bits per heavy atom. The minimum Gasteiger partial charge on any atom is -0.455 e. The van der Waals surface area contributed by atoms with Crippen molar-refractivity contribution in [3.8, 4) is 0 Å². The topological polar surface area (TPSA) is 55.4 Å². The van der Waals surface area contributed by atoms with Crippen molar-refractivity contribution in [1.29, 1.82) is 0 Å². The predicted octanol–water partition coefficient (Wildman–Crippen LogP) is 3.56. The molecular formula is C20H23ClFNO3. The zero-order chi connectivity index (χ0) is 18.4. The first-order valence-electron chi connectivity index (χ1n) is 9.24. The Kier molecular flexibility index (Phi) is 4.46. The Bertz CT molecular complexity index is 724. The Balaban J connectivity index is 1.31. The lowest BCUT2D eigenvalue weighted by molar-refractivity contribution is -0.171. The Morgan fingerprint density at radius 3 is 2.54 bits per heavy atom. The van der Waals surface area contributed by atoms with E-state index < -0.39 is 11.3 Å². The van der Waals surface area contributed by atoms with Crippen LogP contribution in [-0.4, -0.2) is 23.4 Å². The van der Waals surface area contributed by atoms with Crippen LogP contribution in [-0.2, 0) is 20.9 Å². The van der Waals surface area contributed by atoms with E-state index in [1.807, 2.05) is 0 Å². The van der Waals surface area contributed by atoms with Crippen molar-refractivity contribution in [3.05, 3.63) is 35.6 Å². The second-order valence-corrected chi connectivity index (χ2v) is 9.14. The van der Waals surface area contributed by atoms with Gasteiger partial charge in [-0.15, -0.1) is 11.6 Å². The number of nitrogens with one attached hydrogen (secondary N) is 1. The highest BCUT2D eigenvalue weighted by atomic mass is 35.5. The van der Waals surface area contributed by atoms with Crippen LogP contribution in [0.25, 0.3) is 0 Å². The lowest BCUT2D eigenvalue weighted by Gasteiger charge is -2.58. The summed E-state index contributed by atoms with van der Waals surface area (Å²) in [5.41, 5.74) is -0.116. The highest BCUT2D eigenvalue weighted by molar-refractivity contribution is 6.24. The van der Waals surface area contributed by atoms with Gasteiger partial charge in [-0.2, -0.15) is 0 Å². The number of carbonyl (C=O) groups is 2. The number of hydrogen-bond acceptors (Lipinski definition) is 3. The summed E-state index contributed by atoms with van der Waals surface area (Å²) < 4.78 is 18.9. The molecule has 0 saturated heterocycles. The first kappa shape index (κ1) is 17.8. The number of hydrogen-bond donors (Lipinski definition) is 1. The van der Waals surface area contributed by atoms with Crippen LogP contribution in [0.15, 0.2) is 24.3 Å². The molecule has 4 aliphatic carbocycles. The van der Waals surface area contributed by atoms with Crippen molar-refractivity contribution in [2.24, 2.45) is 17.3 Å². The van der Waals surface area contributed by atoms with Gasteiger partial charge in [0.15, 0.2) is 6.61 Å². The molecule has 1 amide bonds. The number of esters is 1. The predicted molar refractivity (Wildman–Crippen MR) is 94.9 cm³/mol. The molecule has 4 saturated carbocycles. The van der Waals surface area contributed by atoms with Crippen molar-refractivity contribution in [2.75, 3.05) is 6.61 Å². The molecule has 26 heavy (non-hydrogen) atoms. The van der Waals surface area contributed by atoms with Crippen molar-refractivity contribution in [1.82, 2.24) is 5.32 Å². The Labute approximate surface area is 157 Å². The first-order valence-corrected chi connectivity index (χ1v) is 9.62. The van der Waals surface area contributed by atoms with Crippen LogP contribution < -0.4 is 5.32 Å². The molecule has 5 rings (SSSR count). The summed E-state index contributed by atoms with van der Waals surface area (Å²) in [5.74, 6) is -0.0947. The lowest BCUT2D eigenvalue weighted by Crippen LogP contribution is -2.56. The van der Waals surface area contributed by atoms with Crippen molar-refractivity contribution in [3.63, 3.8) is 0 Å². The normalized spacial score (nSPS) is 34.5. The smallest absolute Gasteiger partial charge is 0.312 e. The molecule has 4 aliphatic rings. The van der Waals surface area contributed by atoms with Crippen LogP contribution in [0, 0.1) is 23.1 Å². The molecule has 1 N–H and O–H groups in total. The van der Waals surface area contributed by atoms with Crippen LogP contribution in [0.3, 0.4) is 0 Å². The number of ether oxygens (including phenoxy) is 1. The second kappa shape index (κ2) is 6.52. The fourth-order valence-corrected chi connectivity index (χ4v) is 6.25. The summed E-state index contributed by atoms with van der Waals surface area (Å²) in [5, 5.41) is 2.59. The summed E-state index contributed by atoms with van der Waals surface area (Å²) in [6.45, 7) is -0.261. The molecule has 140 valence electrons. The van der Waals surface area contributed by atoms with Gasteiger partial charge in [0, 0.05) is 17.0 Å². The molecule has 1 aromatic rings. The van der Waals surface area contributed by atoms with Crippen LogP contribution in [0.5, 0.6) is 0 Å². The van der Waals surface area contributed by atoms with E-state index in [0.717, 1.165) is 32.1 Å². The van der Waals surface area contributed by atoms with Crippen molar-refractivity contribution >= 4 is 23.5 Å². The average Bonchev–Trinajstić information content (AvgIpc) is 2.56. The largest absolute Gasteiger partial charge is 0.455 e. The molecule has 4 bridgehead atoms. The molecule has 4 nitrogen and oxygen atoms in total. The maximum absolute atomic E-state index is 13.6. The van der Waals surface area contributed by atoms with Gasteiger partial charge < -0.3 is 10.1 Å². The summed E-state index contributed by atoms with van der Waals surface area (Å²) in [6, 6.07) is 6.25. The minimum absolute atomic E-state index is 0.0726. The Hall–Kier alpha value is -1.62. The standard InChI is InChI=1S/C20H23ClFNO3/c21-20-8-13-5-14(9-20)7-19(6-13,12-20)18(25)26-11-17(24)23-10-15-3-1-2-4-16(15)22/h1-4,13-14H,5-12H2,(H,23,24)/t13-,14+,19?,20?. The second-order valence-electron chi connectivity index (χ2n) is 8.34. The van der Waals surface area contributed by atoms with E-state index >= 15 is 0 Å². The quantitative estimate of drug-likeness (QED) is 0.628. The van der Waals surface area contributed by atoms with Crippen molar-refractivity contribution in [2.45, 2.75) is 49.9 Å². The molecule has 4 atom stereocenters. The number of alkyl halides is 1. The zero-order valence-corrected chi connectivity index (χ0v) is 15.4. The molecule has 0 radical (unpaired) electrons.